The first-order chi connectivity index (χ1) is 17.2. The molecule has 0 atom stereocenters. The fraction of sp³-hybridized carbons (Fsp3) is 0.0400. The molecule has 0 spiro atoms. The van der Waals surface area contributed by atoms with E-state index in [9.17, 15) is 23.2 Å². The van der Waals surface area contributed by atoms with E-state index in [0.29, 0.717) is 22.4 Å². The molecule has 5 N–H and O–H groups in total. The Kier molecular flexibility index (Phi) is 6.72. The van der Waals surface area contributed by atoms with E-state index in [2.05, 4.69) is 10.4 Å². The molecule has 0 aliphatic carbocycles. The van der Waals surface area contributed by atoms with Crippen molar-refractivity contribution < 1.29 is 27.9 Å². The van der Waals surface area contributed by atoms with Gasteiger partial charge in [0, 0.05) is 0 Å². The molecule has 0 saturated carbocycles. The molecule has 9 nitrogen and oxygen atoms in total. The number of nitrogens with one attached hydrogen (secondary N) is 1. The molecule has 0 saturated heterocycles. The van der Waals surface area contributed by atoms with Crippen LogP contribution in [0, 0.1) is 11.6 Å². The van der Waals surface area contributed by atoms with Gasteiger partial charge in [0.2, 0.25) is 0 Å². The number of urea groups is 1. The average Bonchev–Trinajstić information content (AvgIpc) is 3.26. The predicted molar refractivity (Wildman–Crippen MR) is 126 cm³/mol. The molecule has 3 amide bonds. The second kappa shape index (κ2) is 10.1. The Balaban J connectivity index is 1.50. The third-order valence-electron chi connectivity index (χ3n) is 5.12. The van der Waals surface area contributed by atoms with Crippen molar-refractivity contribution in [3.63, 3.8) is 0 Å². The molecule has 0 radical (unpaired) electrons. The lowest BCUT2D eigenvalue weighted by Crippen LogP contribution is -2.22. The van der Waals surface area contributed by atoms with Crippen LogP contribution in [0.4, 0.5) is 19.3 Å². The molecule has 36 heavy (non-hydrogen) atoms. The summed E-state index contributed by atoms with van der Waals surface area (Å²) in [5.74, 6) is -2.96. The van der Waals surface area contributed by atoms with Gasteiger partial charge in [-0.2, -0.15) is 5.10 Å². The Labute approximate surface area is 203 Å². The monoisotopic (exact) mass is 491 g/mol. The number of hydrogen-bond donors (Lipinski definition) is 3. The number of hydrogen-bond acceptors (Lipinski definition) is 5. The Morgan fingerprint density at radius 3 is 2.31 bits per heavy atom. The molecule has 0 bridgehead atoms. The molecule has 182 valence electrons. The Bertz CT molecular complexity index is 1470. The van der Waals surface area contributed by atoms with Crippen LogP contribution in [0.1, 0.15) is 26.4 Å². The Morgan fingerprint density at radius 1 is 0.944 bits per heavy atom. The van der Waals surface area contributed by atoms with Crippen molar-refractivity contribution in [1.29, 1.82) is 0 Å². The number of carbonyl (C=O) groups is 3. The van der Waals surface area contributed by atoms with Crippen LogP contribution in [0.3, 0.4) is 0 Å². The van der Waals surface area contributed by atoms with Crippen LogP contribution >= 0.6 is 0 Å². The number of nitrogens with two attached hydrogens (primary N) is 2. The highest BCUT2D eigenvalue weighted by atomic mass is 19.1. The lowest BCUT2D eigenvalue weighted by molar-refractivity contribution is 0.0467. The highest BCUT2D eigenvalue weighted by molar-refractivity contribution is 6.00. The van der Waals surface area contributed by atoms with E-state index in [1.807, 2.05) is 0 Å². The van der Waals surface area contributed by atoms with Gasteiger partial charge < -0.3 is 21.5 Å². The van der Waals surface area contributed by atoms with Gasteiger partial charge in [0.05, 0.1) is 23.1 Å². The average molecular weight is 491 g/mol. The van der Waals surface area contributed by atoms with Crippen molar-refractivity contribution in [1.82, 2.24) is 9.78 Å². The molecular formula is C25H19F2N5O4. The van der Waals surface area contributed by atoms with E-state index >= 15 is 0 Å². The van der Waals surface area contributed by atoms with Gasteiger partial charge in [0.1, 0.15) is 18.2 Å². The van der Waals surface area contributed by atoms with Crippen molar-refractivity contribution in [2.45, 2.75) is 6.61 Å². The fourth-order valence-corrected chi connectivity index (χ4v) is 3.43. The topological polar surface area (TPSA) is 142 Å². The van der Waals surface area contributed by atoms with Crippen LogP contribution in [-0.2, 0) is 11.3 Å². The van der Waals surface area contributed by atoms with Crippen LogP contribution in [0.2, 0.25) is 0 Å². The number of benzene rings is 3. The summed E-state index contributed by atoms with van der Waals surface area (Å²) < 4.78 is 34.4. The minimum Gasteiger partial charge on any atom is -0.457 e. The number of halogens is 2. The minimum atomic E-state index is -0.879. The van der Waals surface area contributed by atoms with E-state index in [0.717, 1.165) is 0 Å². The second-order valence-corrected chi connectivity index (χ2v) is 7.64. The van der Waals surface area contributed by atoms with Crippen LogP contribution in [0.15, 0.2) is 72.9 Å². The quantitative estimate of drug-likeness (QED) is 0.338. The molecule has 0 aliphatic rings. The molecule has 1 heterocycles. The van der Waals surface area contributed by atoms with Crippen LogP contribution in [0.5, 0.6) is 0 Å². The molecule has 3 aromatic carbocycles. The van der Waals surface area contributed by atoms with Crippen molar-refractivity contribution in [2.24, 2.45) is 11.5 Å². The summed E-state index contributed by atoms with van der Waals surface area (Å²) in [6.07, 6.45) is 1.38. The zero-order valence-corrected chi connectivity index (χ0v) is 18.6. The van der Waals surface area contributed by atoms with Crippen LogP contribution < -0.4 is 16.8 Å². The molecular weight excluding hydrogens is 472 g/mol. The second-order valence-electron chi connectivity index (χ2n) is 7.64. The number of ether oxygens (including phenoxy) is 1. The maximum absolute atomic E-state index is 14.7. The van der Waals surface area contributed by atoms with E-state index in [1.54, 1.807) is 36.4 Å². The van der Waals surface area contributed by atoms with Crippen molar-refractivity contribution in [3.05, 3.63) is 101 Å². The molecule has 4 rings (SSSR count). The number of carbonyl (C=O) groups excluding carboxylic acids is 3. The summed E-state index contributed by atoms with van der Waals surface area (Å²) in [6, 6.07) is 15.4. The number of anilines is 1. The SMILES string of the molecule is NC(=O)Nc1cn(-c2ccc(-c3ccc(C(=O)OCc4cccc(F)c4)c(F)c3)cc2)nc1C(N)=O. The number of primary amides is 2. The zero-order valence-electron chi connectivity index (χ0n) is 18.6. The molecule has 1 aromatic heterocycles. The predicted octanol–water partition coefficient (Wildman–Crippen LogP) is 3.76. The Morgan fingerprint density at radius 2 is 1.67 bits per heavy atom. The van der Waals surface area contributed by atoms with Gasteiger partial charge in [0.15, 0.2) is 5.69 Å². The number of amides is 3. The third kappa shape index (κ3) is 5.36. The molecule has 0 aliphatic heterocycles. The summed E-state index contributed by atoms with van der Waals surface area (Å²) in [5, 5.41) is 6.35. The molecule has 11 heteroatoms. The highest BCUT2D eigenvalue weighted by Crippen LogP contribution is 2.25. The van der Waals surface area contributed by atoms with Crippen molar-refractivity contribution >= 4 is 23.6 Å². The molecule has 0 fully saturated rings. The summed E-state index contributed by atoms with van der Waals surface area (Å²) in [6.45, 7) is -0.194. The fourth-order valence-electron chi connectivity index (χ4n) is 3.43. The first-order valence-corrected chi connectivity index (χ1v) is 10.5. The minimum absolute atomic E-state index is 0.0565. The summed E-state index contributed by atoms with van der Waals surface area (Å²) in [5.41, 5.74) is 12.1. The van der Waals surface area contributed by atoms with Gasteiger partial charge in [-0.1, -0.05) is 30.3 Å². The molecule has 4 aromatic rings. The van der Waals surface area contributed by atoms with E-state index < -0.39 is 29.5 Å². The lowest BCUT2D eigenvalue weighted by atomic mass is 10.0. The smallest absolute Gasteiger partial charge is 0.341 e. The van der Waals surface area contributed by atoms with E-state index in [-0.39, 0.29) is 23.6 Å². The summed E-state index contributed by atoms with van der Waals surface area (Å²) in [4.78, 5) is 35.0. The van der Waals surface area contributed by atoms with Gasteiger partial charge in [0.25, 0.3) is 5.91 Å². The third-order valence-corrected chi connectivity index (χ3v) is 5.12. The molecule has 0 unspecified atom stereocenters. The summed E-state index contributed by atoms with van der Waals surface area (Å²) >= 11 is 0. The van der Waals surface area contributed by atoms with Gasteiger partial charge in [-0.25, -0.2) is 23.1 Å². The van der Waals surface area contributed by atoms with Crippen LogP contribution in [0.25, 0.3) is 16.8 Å². The van der Waals surface area contributed by atoms with Crippen molar-refractivity contribution in [2.75, 3.05) is 5.32 Å². The van der Waals surface area contributed by atoms with Crippen molar-refractivity contribution in [3.8, 4) is 16.8 Å². The van der Waals surface area contributed by atoms with Gasteiger partial charge in [-0.05, 0) is 53.1 Å². The van der Waals surface area contributed by atoms with Gasteiger partial charge in [-0.3, -0.25) is 4.79 Å². The van der Waals surface area contributed by atoms with Gasteiger partial charge >= 0.3 is 12.0 Å². The van der Waals surface area contributed by atoms with E-state index in [4.69, 9.17) is 16.2 Å². The maximum Gasteiger partial charge on any atom is 0.341 e. The number of aromatic nitrogens is 2. The largest absolute Gasteiger partial charge is 0.457 e. The summed E-state index contributed by atoms with van der Waals surface area (Å²) in [7, 11) is 0. The first-order valence-electron chi connectivity index (χ1n) is 10.5. The Hall–Kier alpha value is -5.06. The number of esters is 1. The van der Waals surface area contributed by atoms with Crippen LogP contribution in [-0.4, -0.2) is 27.7 Å². The standard InChI is InChI=1S/C25H19F2N5O4/c26-17-3-1-2-14(10-17)13-36-24(34)19-9-6-16(11-20(19)27)15-4-7-18(8-5-15)32-12-21(30-25(29)35)22(31-32)23(28)33/h1-12H,13H2,(H2,28,33)(H3,29,30,35). The number of rotatable bonds is 7. The van der Waals surface area contributed by atoms with E-state index in [1.165, 1.54) is 41.2 Å². The highest BCUT2D eigenvalue weighted by Gasteiger charge is 2.17. The van der Waals surface area contributed by atoms with Gasteiger partial charge in [-0.15, -0.1) is 0 Å². The lowest BCUT2D eigenvalue weighted by Gasteiger charge is -2.09. The maximum atomic E-state index is 14.7. The number of nitrogens with zero attached hydrogens (tertiary/aromatic N) is 2. The zero-order chi connectivity index (χ0) is 25.8. The first kappa shape index (κ1) is 24.1. The normalized spacial score (nSPS) is 10.6.